The minimum absolute atomic E-state index is 0.548. The number of methoxy groups -OCH3 is 1. The molecule has 0 aliphatic heterocycles. The van der Waals surface area contributed by atoms with Gasteiger partial charge in [-0.05, 0) is 13.3 Å². The Morgan fingerprint density at radius 1 is 1.33 bits per heavy atom. The lowest BCUT2D eigenvalue weighted by Gasteiger charge is -2.18. The van der Waals surface area contributed by atoms with Crippen LogP contribution in [0, 0.1) is 0 Å². The van der Waals surface area contributed by atoms with Crippen LogP contribution in [-0.4, -0.2) is 58.4 Å². The predicted molar refractivity (Wildman–Crippen MR) is 80.9 cm³/mol. The molecular formula is C13H21N7O. The molecule has 0 saturated heterocycles. The first-order valence-electron chi connectivity index (χ1n) is 6.93. The zero-order valence-electron chi connectivity index (χ0n) is 12.7. The average Bonchev–Trinajstić information content (AvgIpc) is 3.02. The van der Waals surface area contributed by atoms with Crippen molar-refractivity contribution in [3.8, 4) is 5.95 Å². The first kappa shape index (κ1) is 15.2. The number of hydrogen-bond donors (Lipinski definition) is 1. The molecule has 2 aromatic rings. The van der Waals surface area contributed by atoms with Crippen molar-refractivity contribution in [2.45, 2.75) is 13.3 Å². The molecule has 8 heteroatoms. The second-order valence-corrected chi connectivity index (χ2v) is 4.53. The number of nitrogens with zero attached hydrogens (tertiary/aromatic N) is 6. The molecule has 1 N–H and O–H groups in total. The summed E-state index contributed by atoms with van der Waals surface area (Å²) in [6.07, 6.45) is 6.08. The summed E-state index contributed by atoms with van der Waals surface area (Å²) in [6, 6.07) is 0. The molecule has 0 aliphatic carbocycles. The number of rotatable bonds is 8. The molecular weight excluding hydrogens is 270 g/mol. The summed E-state index contributed by atoms with van der Waals surface area (Å²) >= 11 is 0. The Hall–Kier alpha value is -2.22. The summed E-state index contributed by atoms with van der Waals surface area (Å²) in [6.45, 7) is 4.28. The fourth-order valence-electron chi connectivity index (χ4n) is 1.80. The van der Waals surface area contributed by atoms with Gasteiger partial charge in [0.15, 0.2) is 0 Å². The molecule has 0 spiro atoms. The number of aromatic nitrogens is 5. The largest absolute Gasteiger partial charge is 0.385 e. The van der Waals surface area contributed by atoms with E-state index in [9.17, 15) is 0 Å². The third-order valence-electron chi connectivity index (χ3n) is 2.87. The SMILES string of the molecule is CCNc1nc(N(C)CCCOC)nc(-n2ccnc2)n1. The Labute approximate surface area is 124 Å². The quantitative estimate of drug-likeness (QED) is 0.725. The molecule has 0 radical (unpaired) electrons. The van der Waals surface area contributed by atoms with E-state index in [4.69, 9.17) is 4.74 Å². The number of anilines is 2. The molecule has 21 heavy (non-hydrogen) atoms. The standard InChI is InChI=1S/C13H21N7O/c1-4-15-11-16-12(19(2)7-5-9-21-3)18-13(17-11)20-8-6-14-10-20/h6,8,10H,4-5,7,9H2,1-3H3,(H,15,16,17,18). The van der Waals surface area contributed by atoms with E-state index < -0.39 is 0 Å². The summed E-state index contributed by atoms with van der Waals surface area (Å²) in [4.78, 5) is 19.3. The van der Waals surface area contributed by atoms with Gasteiger partial charge in [-0.25, -0.2) is 4.98 Å². The lowest BCUT2D eigenvalue weighted by Crippen LogP contribution is -2.23. The van der Waals surface area contributed by atoms with Crippen LogP contribution >= 0.6 is 0 Å². The van der Waals surface area contributed by atoms with Gasteiger partial charge in [0.2, 0.25) is 17.8 Å². The molecule has 0 aliphatic rings. The molecule has 0 saturated carbocycles. The summed E-state index contributed by atoms with van der Waals surface area (Å²) in [7, 11) is 3.65. The monoisotopic (exact) mass is 291 g/mol. The third kappa shape index (κ3) is 4.12. The smallest absolute Gasteiger partial charge is 0.241 e. The Morgan fingerprint density at radius 2 is 2.19 bits per heavy atom. The number of imidazole rings is 1. The molecule has 0 aromatic carbocycles. The molecule has 0 fully saturated rings. The van der Waals surface area contributed by atoms with Crippen LogP contribution in [0.3, 0.4) is 0 Å². The van der Waals surface area contributed by atoms with Crippen LogP contribution in [0.5, 0.6) is 0 Å². The molecule has 8 nitrogen and oxygen atoms in total. The second-order valence-electron chi connectivity index (χ2n) is 4.53. The molecule has 2 rings (SSSR count). The average molecular weight is 291 g/mol. The topological polar surface area (TPSA) is 81.0 Å². The zero-order chi connectivity index (χ0) is 15.1. The Bertz CT molecular complexity index is 543. The van der Waals surface area contributed by atoms with Gasteiger partial charge in [0.25, 0.3) is 0 Å². The second kappa shape index (κ2) is 7.53. The van der Waals surface area contributed by atoms with Gasteiger partial charge in [0.1, 0.15) is 6.33 Å². The van der Waals surface area contributed by atoms with Gasteiger partial charge in [-0.3, -0.25) is 4.57 Å². The molecule has 2 heterocycles. The van der Waals surface area contributed by atoms with E-state index in [0.717, 1.165) is 19.5 Å². The summed E-state index contributed by atoms with van der Waals surface area (Å²) in [5.41, 5.74) is 0. The van der Waals surface area contributed by atoms with Crippen LogP contribution in [0.4, 0.5) is 11.9 Å². The number of hydrogen-bond acceptors (Lipinski definition) is 7. The van der Waals surface area contributed by atoms with Gasteiger partial charge in [-0.2, -0.15) is 15.0 Å². The maximum Gasteiger partial charge on any atom is 0.241 e. The maximum atomic E-state index is 5.07. The van der Waals surface area contributed by atoms with E-state index in [1.54, 1.807) is 30.4 Å². The lowest BCUT2D eigenvalue weighted by molar-refractivity contribution is 0.196. The van der Waals surface area contributed by atoms with Crippen LogP contribution in [0.1, 0.15) is 13.3 Å². The van der Waals surface area contributed by atoms with E-state index in [1.165, 1.54) is 0 Å². The van der Waals surface area contributed by atoms with Crippen molar-refractivity contribution >= 4 is 11.9 Å². The van der Waals surface area contributed by atoms with Crippen LogP contribution < -0.4 is 10.2 Å². The van der Waals surface area contributed by atoms with Gasteiger partial charge >= 0.3 is 0 Å². The van der Waals surface area contributed by atoms with Gasteiger partial charge in [0.05, 0.1) is 0 Å². The molecule has 2 aromatic heterocycles. The minimum atomic E-state index is 0.548. The fourth-order valence-corrected chi connectivity index (χ4v) is 1.80. The highest BCUT2D eigenvalue weighted by Gasteiger charge is 2.11. The number of ether oxygens (including phenoxy) is 1. The van der Waals surface area contributed by atoms with Crippen LogP contribution in [0.15, 0.2) is 18.7 Å². The van der Waals surface area contributed by atoms with Crippen LogP contribution in [-0.2, 0) is 4.74 Å². The Morgan fingerprint density at radius 3 is 2.86 bits per heavy atom. The molecule has 0 atom stereocenters. The van der Waals surface area contributed by atoms with Crippen molar-refractivity contribution in [2.24, 2.45) is 0 Å². The normalized spacial score (nSPS) is 10.6. The van der Waals surface area contributed by atoms with Gasteiger partial charge in [0, 0.05) is 46.2 Å². The number of nitrogens with one attached hydrogen (secondary N) is 1. The van der Waals surface area contributed by atoms with E-state index in [-0.39, 0.29) is 0 Å². The third-order valence-corrected chi connectivity index (χ3v) is 2.87. The van der Waals surface area contributed by atoms with Gasteiger partial charge in [-0.1, -0.05) is 0 Å². The van der Waals surface area contributed by atoms with E-state index >= 15 is 0 Å². The minimum Gasteiger partial charge on any atom is -0.385 e. The first-order valence-corrected chi connectivity index (χ1v) is 6.93. The summed E-state index contributed by atoms with van der Waals surface area (Å²) < 4.78 is 6.83. The van der Waals surface area contributed by atoms with E-state index in [1.807, 2.05) is 18.9 Å². The van der Waals surface area contributed by atoms with E-state index in [2.05, 4.69) is 25.3 Å². The van der Waals surface area contributed by atoms with Crippen molar-refractivity contribution in [3.63, 3.8) is 0 Å². The molecule has 114 valence electrons. The predicted octanol–water partition coefficient (Wildman–Crippen LogP) is 0.962. The maximum absolute atomic E-state index is 5.07. The lowest BCUT2D eigenvalue weighted by atomic mass is 10.4. The van der Waals surface area contributed by atoms with Crippen molar-refractivity contribution < 1.29 is 4.74 Å². The highest BCUT2D eigenvalue weighted by Crippen LogP contribution is 2.12. The van der Waals surface area contributed by atoms with Crippen molar-refractivity contribution in [3.05, 3.63) is 18.7 Å². The highest BCUT2D eigenvalue weighted by molar-refractivity contribution is 5.39. The van der Waals surface area contributed by atoms with Crippen molar-refractivity contribution in [2.75, 3.05) is 44.1 Å². The summed E-state index contributed by atoms with van der Waals surface area (Å²) in [5, 5.41) is 3.13. The van der Waals surface area contributed by atoms with Gasteiger partial charge in [-0.15, -0.1) is 0 Å². The first-order chi connectivity index (χ1) is 10.2. The molecule has 0 unspecified atom stereocenters. The fraction of sp³-hybridized carbons (Fsp3) is 0.538. The van der Waals surface area contributed by atoms with Crippen molar-refractivity contribution in [1.29, 1.82) is 0 Å². The zero-order valence-corrected chi connectivity index (χ0v) is 12.7. The van der Waals surface area contributed by atoms with Gasteiger partial charge < -0.3 is 15.0 Å². The Kier molecular flexibility index (Phi) is 5.44. The highest BCUT2D eigenvalue weighted by atomic mass is 16.5. The van der Waals surface area contributed by atoms with Crippen molar-refractivity contribution in [1.82, 2.24) is 24.5 Å². The van der Waals surface area contributed by atoms with Crippen LogP contribution in [0.25, 0.3) is 5.95 Å². The molecule has 0 bridgehead atoms. The van der Waals surface area contributed by atoms with E-state index in [0.29, 0.717) is 24.5 Å². The summed E-state index contributed by atoms with van der Waals surface area (Å²) in [5.74, 6) is 1.73. The molecule has 0 amide bonds. The van der Waals surface area contributed by atoms with Crippen LogP contribution in [0.2, 0.25) is 0 Å². The Balaban J connectivity index is 2.23.